The van der Waals surface area contributed by atoms with Crippen molar-refractivity contribution in [3.05, 3.63) is 119 Å². The van der Waals surface area contributed by atoms with E-state index in [1.807, 2.05) is 0 Å². The number of nitrogens with zero attached hydrogens (tertiary/aromatic N) is 8. The summed E-state index contributed by atoms with van der Waals surface area (Å²) in [6.45, 7) is 4.83. The van der Waals surface area contributed by atoms with Crippen molar-refractivity contribution in [2.45, 2.75) is 50.3 Å². The summed E-state index contributed by atoms with van der Waals surface area (Å²) in [5.74, 6) is -3.61. The molecule has 0 radical (unpaired) electrons. The molecule has 0 saturated heterocycles. The van der Waals surface area contributed by atoms with E-state index < -0.39 is 113 Å². The lowest BCUT2D eigenvalue weighted by Crippen LogP contribution is -2.21. The molecule has 0 heterocycles. The molecule has 90 heavy (non-hydrogen) atoms. The molecule has 0 spiro atoms. The highest BCUT2D eigenvalue weighted by molar-refractivity contribution is 7.87. The molecule has 0 aromatic heterocycles. The lowest BCUT2D eigenvalue weighted by Gasteiger charge is -2.17. The number of azo groups is 4. The number of carbonyl (C=O) groups excluding carboxylic acids is 1. The van der Waals surface area contributed by atoms with E-state index in [-0.39, 0.29) is 94.6 Å². The molecule has 0 saturated carbocycles. The van der Waals surface area contributed by atoms with Crippen LogP contribution >= 0.6 is 0 Å². The highest BCUT2D eigenvalue weighted by Gasteiger charge is 2.20. The summed E-state index contributed by atoms with van der Waals surface area (Å²) in [7, 11) is -27.1. The highest BCUT2D eigenvalue weighted by atomic mass is 32.2. The fraction of sp³-hybridized carbons (Fsp3) is 0.275. The van der Waals surface area contributed by atoms with Gasteiger partial charge in [0.05, 0.1) is 80.0 Å². The number of hydrogen-bond donors (Lipinski definition) is 8. The Morgan fingerprint density at radius 2 is 0.667 bits per heavy atom. The number of carbonyl (C=O) groups is 1. The maximum Gasteiger partial charge on any atom is 0.323 e. The molecule has 39 heteroatoms. The number of urea groups is 1. The van der Waals surface area contributed by atoms with Crippen LogP contribution in [0.3, 0.4) is 0 Å². The average Bonchev–Trinajstić information content (AvgIpc) is 1.27. The van der Waals surface area contributed by atoms with Gasteiger partial charge in [0.15, 0.2) is 0 Å². The molecule has 6 aromatic rings. The van der Waals surface area contributed by atoms with E-state index in [0.717, 1.165) is 36.4 Å². The van der Waals surface area contributed by atoms with Gasteiger partial charge in [-0.15, -0.1) is 10.2 Å². The molecule has 0 atom stereocenters. The zero-order chi connectivity index (χ0) is 66.4. The Balaban J connectivity index is 1.23. The van der Waals surface area contributed by atoms with Crippen LogP contribution in [0, 0.1) is 27.7 Å². The van der Waals surface area contributed by atoms with Gasteiger partial charge in [-0.05, 0) is 136 Å². The fourth-order valence-corrected chi connectivity index (χ4v) is 9.96. The van der Waals surface area contributed by atoms with Gasteiger partial charge in [-0.3, -0.25) is 27.3 Å². The predicted octanol–water partition coefficient (Wildman–Crippen LogP) is 10.6. The van der Waals surface area contributed by atoms with E-state index in [1.54, 1.807) is 39.8 Å². The topological polar surface area (TPSA) is 503 Å². The Hall–Kier alpha value is -8.35. The monoisotopic (exact) mass is 1370 g/mol. The Bertz CT molecular complexity index is 4250. The second kappa shape index (κ2) is 30.0. The first-order chi connectivity index (χ1) is 41.9. The third kappa shape index (κ3) is 23.2. The van der Waals surface area contributed by atoms with Gasteiger partial charge >= 0.3 is 6.03 Å². The molecule has 33 nitrogen and oxygen atoms in total. The van der Waals surface area contributed by atoms with Crippen LogP contribution in [-0.4, -0.2) is 133 Å². The minimum Gasteiger partial charge on any atom is -0.491 e. The van der Waals surface area contributed by atoms with Gasteiger partial charge in [-0.2, -0.15) is 81.2 Å². The number of anilines is 2. The van der Waals surface area contributed by atoms with Crippen molar-refractivity contribution in [1.29, 1.82) is 0 Å². The first kappa shape index (κ1) is 70.7. The SMILES string of the molecule is Cc1cc(N=Nc2ccc(S(=O)(=O)O)cc2OCCS(=O)(=O)O)ccc1N=Nc1cc(OCCCS(=O)(=O)O)c(NC(=O)Nc2cc(C)c(N=Nc3ccc(N=Nc4ccc(S(=O)(=O)O)cc4OCCS(=O)(=O)O)cc3C)cc2OCCCS(=O)(=O)O)cc1C. The molecule has 484 valence electrons. The summed E-state index contributed by atoms with van der Waals surface area (Å²) >= 11 is 0. The molecule has 0 aliphatic rings. The zero-order valence-corrected chi connectivity index (χ0v) is 52.4. The van der Waals surface area contributed by atoms with Crippen molar-refractivity contribution < 1.29 is 102 Å². The molecular formula is C51H56N10O23S6. The quantitative estimate of drug-likeness (QED) is 0.0118. The van der Waals surface area contributed by atoms with Crippen LogP contribution in [-0.2, 0) is 60.7 Å². The van der Waals surface area contributed by atoms with Gasteiger partial charge in [0.1, 0.15) is 59.1 Å². The second-order valence-corrected chi connectivity index (χ2v) is 28.2. The van der Waals surface area contributed by atoms with Crippen molar-refractivity contribution >= 4 is 124 Å². The van der Waals surface area contributed by atoms with Crippen LogP contribution in [0.5, 0.6) is 23.0 Å². The maximum absolute atomic E-state index is 13.9. The van der Waals surface area contributed by atoms with Crippen LogP contribution in [0.1, 0.15) is 35.1 Å². The zero-order valence-electron chi connectivity index (χ0n) is 47.5. The molecule has 0 aliphatic carbocycles. The minimum absolute atomic E-state index is 0.0261. The van der Waals surface area contributed by atoms with E-state index in [4.69, 9.17) is 28.1 Å². The van der Waals surface area contributed by atoms with Gasteiger partial charge in [0.2, 0.25) is 0 Å². The number of nitrogens with one attached hydrogen (secondary N) is 2. The Labute approximate surface area is 515 Å². The lowest BCUT2D eigenvalue weighted by molar-refractivity contribution is 0.261. The number of hydrogen-bond acceptors (Lipinski definition) is 25. The van der Waals surface area contributed by atoms with Gasteiger partial charge < -0.3 is 29.6 Å². The summed E-state index contributed by atoms with van der Waals surface area (Å²) in [4.78, 5) is 12.7. The third-order valence-corrected chi connectivity index (χ3v) is 16.5. The summed E-state index contributed by atoms with van der Waals surface area (Å²) in [5, 5.41) is 39.2. The van der Waals surface area contributed by atoms with Crippen molar-refractivity contribution in [1.82, 2.24) is 0 Å². The molecular weight excluding hydrogens is 1310 g/mol. The van der Waals surface area contributed by atoms with Crippen LogP contribution in [0.15, 0.2) is 148 Å². The van der Waals surface area contributed by atoms with Crippen molar-refractivity contribution in [3.8, 4) is 23.0 Å². The largest absolute Gasteiger partial charge is 0.491 e. The average molecular weight is 1370 g/mol. The van der Waals surface area contributed by atoms with Gasteiger partial charge in [-0.25, -0.2) is 4.79 Å². The van der Waals surface area contributed by atoms with Crippen LogP contribution < -0.4 is 29.6 Å². The van der Waals surface area contributed by atoms with Gasteiger partial charge in [0, 0.05) is 24.3 Å². The molecule has 0 bridgehead atoms. The first-order valence-corrected chi connectivity index (χ1v) is 35.0. The molecule has 2 amide bonds. The van der Waals surface area contributed by atoms with Crippen LogP contribution in [0.25, 0.3) is 0 Å². The first-order valence-electron chi connectivity index (χ1n) is 25.7. The van der Waals surface area contributed by atoms with Crippen molar-refractivity contribution in [2.24, 2.45) is 40.9 Å². The summed E-state index contributed by atoms with van der Waals surface area (Å²) in [6.07, 6.45) is -0.361. The smallest absolute Gasteiger partial charge is 0.323 e. The Morgan fingerprint density at radius 3 is 1.00 bits per heavy atom. The standard InChI is InChI=1S/C51H56N10O23S6/c1-31-23-35(54-58-41-13-9-37(89(75,76)77)27-47(41)83-17-21-87(69,70)71)7-11-39(31)56-60-43-29-49(81-15-5-19-85(63,64)65)45(25-33(43)3)52-51(62)53-46-26-34(4)44(30-50(46)82-16-6-20-86(66,67)68)61-57-40-12-8-36(24-32(40)2)55-59-42-14-10-38(90(78,79)80)28-48(42)84-18-22-88(72,73)74/h7-14,23-30H,5-6,15-22H2,1-4H3,(H2,52,53,62)(H,63,64,65)(H,66,67,68)(H,69,70,71)(H,72,73,74)(H,75,76,77)(H,78,79,80). The molecule has 0 fully saturated rings. The summed E-state index contributed by atoms with van der Waals surface area (Å²) < 4.78 is 216. The normalized spacial score (nSPS) is 12.7. The Kier molecular flexibility index (Phi) is 23.6. The highest BCUT2D eigenvalue weighted by Crippen LogP contribution is 2.39. The van der Waals surface area contributed by atoms with E-state index in [1.165, 1.54) is 48.5 Å². The van der Waals surface area contributed by atoms with E-state index in [2.05, 4.69) is 51.5 Å². The number of rotatable bonds is 30. The van der Waals surface area contributed by atoms with E-state index in [0.29, 0.717) is 33.6 Å². The summed E-state index contributed by atoms with van der Waals surface area (Å²) in [6, 6.07) is 20.2. The van der Waals surface area contributed by atoms with Gasteiger partial charge in [-0.1, -0.05) is 0 Å². The van der Waals surface area contributed by atoms with Crippen molar-refractivity contribution in [3.63, 3.8) is 0 Å². The molecule has 6 aromatic carbocycles. The molecule has 6 rings (SSSR count). The number of benzene rings is 6. The molecule has 0 aliphatic heterocycles. The van der Waals surface area contributed by atoms with Crippen LogP contribution in [0.4, 0.5) is 61.7 Å². The van der Waals surface area contributed by atoms with Crippen molar-refractivity contribution in [2.75, 3.05) is 60.1 Å². The number of ether oxygens (including phenoxy) is 4. The van der Waals surface area contributed by atoms with Crippen LogP contribution in [0.2, 0.25) is 0 Å². The Morgan fingerprint density at radius 1 is 0.356 bits per heavy atom. The van der Waals surface area contributed by atoms with E-state index in [9.17, 15) is 73.5 Å². The molecule has 8 N–H and O–H groups in total. The lowest BCUT2D eigenvalue weighted by atomic mass is 10.1. The maximum atomic E-state index is 13.9. The van der Waals surface area contributed by atoms with E-state index >= 15 is 0 Å². The fourth-order valence-electron chi connectivity index (χ4n) is 7.41. The number of amides is 2. The second-order valence-electron chi connectivity index (χ2n) is 19.0. The summed E-state index contributed by atoms with van der Waals surface area (Å²) in [5.41, 5.74) is 3.46. The third-order valence-electron chi connectivity index (χ3n) is 11.8. The number of aryl methyl sites for hydroxylation is 4. The van der Waals surface area contributed by atoms with Gasteiger partial charge in [0.25, 0.3) is 60.7 Å². The minimum atomic E-state index is -4.71. The predicted molar refractivity (Wildman–Crippen MR) is 323 cm³/mol. The molecule has 0 unspecified atom stereocenters.